The number of alkyl halides is 8. The number of carbonyl (C=O) groups is 2. The second kappa shape index (κ2) is 32.9. The number of nitrogens with one attached hydrogen (secondary N) is 1. The SMILES string of the molecule is CSc1cnc([C@@H](CC(=O)Cn2nc(C(F)F)c3c2C(F)(F)[C@@H]2C[C@H]32)Cc2cc(F)cc(F)c2)c(Cl)n1.Cn1nc(CS(C)(=O)=O)c2cccc(-c3nc(-c4cccc5c(NS(C)(=O)=O)nn(C)c45)cnc3[C@@H](CC(=O)Cn3nc(C(F)F)c4c3C(F)(F)[C@@H]3C[C@H]43)Cc3cc(F)cc(F)c3)c21.Cn1nc(CS(C)(=O)=O)c2cccc(B3OC(C)(C)C(C)(C)O3)c21. The average molecular weight is 1840 g/mol. The first kappa shape index (κ1) is 89.7. The number of ketones is 2. The van der Waals surface area contributed by atoms with Crippen LogP contribution in [-0.2, 0) is 119 Å². The molecule has 1 saturated heterocycles. The summed E-state index contributed by atoms with van der Waals surface area (Å²) in [6.07, 6.45) is 0.568. The Kier molecular flexibility index (Phi) is 23.6. The number of para-hydroxylation sites is 3. The molecular weight excluding hydrogens is 1760 g/mol. The molecule has 0 bridgehead atoms. The monoisotopic (exact) mass is 1840 g/mol. The Hall–Kier alpha value is -10.1. The number of sulfone groups is 2. The molecule has 6 atom stereocenters. The van der Waals surface area contributed by atoms with Crippen molar-refractivity contribution in [3.05, 3.63) is 200 Å². The molecule has 0 amide bonds. The van der Waals surface area contributed by atoms with E-state index < -0.39 is 191 Å². The van der Waals surface area contributed by atoms with Crippen LogP contribution in [0.3, 0.4) is 0 Å². The molecule has 1 aliphatic heterocycles. The molecular formula is C82H79BClF12N15O10S4. The van der Waals surface area contributed by atoms with E-state index in [2.05, 4.69) is 40.2 Å². The molecule has 0 spiro atoms. The van der Waals surface area contributed by atoms with Gasteiger partial charge in [-0.3, -0.25) is 47.7 Å². The number of thioether (sulfide) groups is 1. The van der Waals surface area contributed by atoms with Crippen molar-refractivity contribution in [1.29, 1.82) is 0 Å². The lowest BCUT2D eigenvalue weighted by molar-refractivity contribution is -0.121. The van der Waals surface area contributed by atoms with Crippen LogP contribution in [0.2, 0.25) is 5.15 Å². The van der Waals surface area contributed by atoms with Crippen molar-refractivity contribution in [3.63, 3.8) is 0 Å². The van der Waals surface area contributed by atoms with E-state index in [0.29, 0.717) is 65.1 Å². The number of hydrogen-bond acceptors (Lipinski definition) is 20. The Balaban J connectivity index is 0.000000165. The summed E-state index contributed by atoms with van der Waals surface area (Å²) in [5.41, 5.74) is 0.896. The second-order valence-electron chi connectivity index (χ2n) is 33.1. The Bertz CT molecular complexity index is 6690. The van der Waals surface area contributed by atoms with Crippen LogP contribution in [0.25, 0.3) is 55.2 Å². The molecule has 660 valence electrons. The molecule has 12 aromatic rings. The fourth-order valence-electron chi connectivity index (χ4n) is 17.2. The number of Topliss-reactive ketones (excluding diaryl/α,β-unsaturated/α-hetero) is 2. The van der Waals surface area contributed by atoms with Crippen LogP contribution < -0.4 is 10.2 Å². The van der Waals surface area contributed by atoms with Crippen molar-refractivity contribution in [2.24, 2.45) is 33.0 Å². The number of aryl methyl sites for hydroxylation is 3. The van der Waals surface area contributed by atoms with Crippen LogP contribution in [0.15, 0.2) is 108 Å². The third-order valence-electron chi connectivity index (χ3n) is 23.2. The first-order valence-corrected chi connectivity index (χ1v) is 46.5. The molecule has 17 rings (SSSR count). The van der Waals surface area contributed by atoms with Gasteiger partial charge in [0.15, 0.2) is 42.2 Å². The molecule has 0 radical (unpaired) electrons. The molecule has 2 saturated carbocycles. The molecule has 8 heterocycles. The van der Waals surface area contributed by atoms with Crippen molar-refractivity contribution in [2.45, 2.75) is 155 Å². The van der Waals surface area contributed by atoms with E-state index in [9.17, 15) is 78.7 Å². The fraction of sp³-hybridized carbons (Fsp3) is 0.402. The van der Waals surface area contributed by atoms with Gasteiger partial charge < -0.3 is 9.31 Å². The van der Waals surface area contributed by atoms with Gasteiger partial charge in [0.2, 0.25) is 10.0 Å². The van der Waals surface area contributed by atoms with Crippen LogP contribution in [0.4, 0.5) is 58.5 Å². The zero-order valence-corrected chi connectivity index (χ0v) is 72.5. The minimum Gasteiger partial charge on any atom is -0.399 e. The zero-order chi connectivity index (χ0) is 90.3. The molecule has 4 aliphatic carbocycles. The van der Waals surface area contributed by atoms with Gasteiger partial charge in [-0.15, -0.1) is 11.8 Å². The highest BCUT2D eigenvalue weighted by molar-refractivity contribution is 7.98. The van der Waals surface area contributed by atoms with Crippen LogP contribution in [-0.4, -0.2) is 149 Å². The number of benzene rings is 5. The number of anilines is 1. The average Bonchev–Trinajstić information content (AvgIpc) is 1.52. The Morgan fingerprint density at radius 3 is 1.46 bits per heavy atom. The summed E-state index contributed by atoms with van der Waals surface area (Å²) in [4.78, 5) is 45.7. The quantitative estimate of drug-likeness (QED) is 0.0299. The largest absolute Gasteiger partial charge is 0.497 e. The van der Waals surface area contributed by atoms with Gasteiger partial charge in [-0.25, -0.2) is 70.3 Å². The standard InChI is InChI=1S/C42H37F6N9O5S2.C24H19ClF6N4OS.C16H23BN2O4S/c1-55-37-26(32(51-55)19-63(3,59)60)8-5-9-27(37)35-34(49-17-31(50-35)25-7-6-10-28-38(25)56(2)53-41(28)54-64(4,61)62)21(11-20-12-22(43)15-23(44)13-20)14-24(58)18-57-39-33(36(52-57)40(45)46)29-16-30(29)42(39,47)48;1-37-17-8-32-19(22(25)33-17)11(2-10-3-12(26)6-13(27)4-10)5-14(36)9-35-21-18(20(34-35)23(28)29)15-7-16(15)24(21,30)31;1-15(2)16(3,4)23-17(22-15)12-9-7-8-11-13(10-24(6,20)21)18-19(5)14(11)12/h5-10,12-13,15,17,21,29-30,40H,11,14,16,18-19H2,1-4H3,(H,53,54);3-4,6,8,11,15-16,23H,2,5,7,9H2,1H3;7-9H,10H2,1-6H3/t21-,29+,30-;11-,15+,16-;/m11./s1. The summed E-state index contributed by atoms with van der Waals surface area (Å²) in [5.74, 6) is -17.7. The van der Waals surface area contributed by atoms with Crippen molar-refractivity contribution in [2.75, 3.05) is 29.7 Å². The number of rotatable bonds is 26. The summed E-state index contributed by atoms with van der Waals surface area (Å²) in [6.45, 7) is 6.53. The van der Waals surface area contributed by atoms with Gasteiger partial charge in [0.1, 0.15) is 64.2 Å². The first-order chi connectivity index (χ1) is 58.5. The van der Waals surface area contributed by atoms with Gasteiger partial charge in [-0.2, -0.15) is 43.1 Å². The van der Waals surface area contributed by atoms with E-state index in [-0.39, 0.29) is 99.6 Å². The maximum atomic E-state index is 15.5. The summed E-state index contributed by atoms with van der Waals surface area (Å²) in [5, 5.41) is 22.9. The Morgan fingerprint density at radius 2 is 1.00 bits per heavy atom. The number of fused-ring (bicyclic) bond motifs is 9. The molecule has 7 aromatic heterocycles. The van der Waals surface area contributed by atoms with Crippen LogP contribution in [0.5, 0.6) is 0 Å². The molecule has 5 aromatic carbocycles. The van der Waals surface area contributed by atoms with E-state index in [1.807, 2.05) is 52.9 Å². The molecule has 0 unspecified atom stereocenters. The molecule has 5 aliphatic rings. The van der Waals surface area contributed by atoms with Gasteiger partial charge in [0.25, 0.3) is 24.7 Å². The van der Waals surface area contributed by atoms with E-state index in [4.69, 9.17) is 30.9 Å². The van der Waals surface area contributed by atoms with Gasteiger partial charge in [0, 0.05) is 126 Å². The van der Waals surface area contributed by atoms with Crippen LogP contribution in [0, 0.1) is 35.1 Å². The van der Waals surface area contributed by atoms with Gasteiger partial charge in [-0.1, -0.05) is 60.1 Å². The fourth-order valence-corrected chi connectivity index (χ4v) is 19.8. The van der Waals surface area contributed by atoms with Crippen molar-refractivity contribution in [1.82, 2.24) is 68.8 Å². The summed E-state index contributed by atoms with van der Waals surface area (Å²) >= 11 is 7.58. The van der Waals surface area contributed by atoms with E-state index in [1.54, 1.807) is 61.4 Å². The lowest BCUT2D eigenvalue weighted by atomic mass is 9.77. The number of halogens is 13. The summed E-state index contributed by atoms with van der Waals surface area (Å²) in [7, 11) is -6.01. The topological polar surface area (TPSA) is 308 Å². The van der Waals surface area contributed by atoms with Crippen molar-refractivity contribution < 1.29 is 96.8 Å². The predicted octanol–water partition coefficient (Wildman–Crippen LogP) is 15.0. The lowest BCUT2D eigenvalue weighted by Crippen LogP contribution is -2.41. The number of nitrogens with zero attached hydrogens (tertiary/aromatic N) is 14. The van der Waals surface area contributed by atoms with Crippen LogP contribution >= 0.6 is 23.4 Å². The number of aromatic nitrogens is 14. The predicted molar refractivity (Wildman–Crippen MR) is 441 cm³/mol. The molecule has 1 N–H and O–H groups in total. The first-order valence-electron chi connectivity index (χ1n) is 38.9. The highest BCUT2D eigenvalue weighted by Gasteiger charge is 2.68. The molecule has 43 heteroatoms. The molecule has 3 fully saturated rings. The third-order valence-corrected chi connectivity index (χ3v) is 26.2. The van der Waals surface area contributed by atoms with E-state index in [0.717, 1.165) is 53.1 Å². The van der Waals surface area contributed by atoms with Crippen LogP contribution in [0.1, 0.15) is 158 Å². The van der Waals surface area contributed by atoms with E-state index >= 15 is 8.78 Å². The second-order valence-corrected chi connectivity index (χ2v) is 40.4. The highest BCUT2D eigenvalue weighted by Crippen LogP contribution is 2.69. The van der Waals surface area contributed by atoms with Crippen molar-refractivity contribution >= 4 is 116 Å². The zero-order valence-electron chi connectivity index (χ0n) is 68.5. The number of hydrogen-bond donors (Lipinski definition) is 1. The maximum absolute atomic E-state index is 15.5. The number of carbonyl (C=O) groups excluding carboxylic acids is 2. The molecule has 25 nitrogen and oxygen atoms in total. The maximum Gasteiger partial charge on any atom is 0.497 e. The molecule has 125 heavy (non-hydrogen) atoms. The van der Waals surface area contributed by atoms with Crippen molar-refractivity contribution in [3.8, 4) is 22.5 Å². The summed E-state index contributed by atoms with van der Waals surface area (Å²) in [6, 6.07) is 21.4. The van der Waals surface area contributed by atoms with Gasteiger partial charge in [0.05, 0.1) is 92.1 Å². The minimum atomic E-state index is -3.75. The summed E-state index contributed by atoms with van der Waals surface area (Å²) < 4.78 is 267. The van der Waals surface area contributed by atoms with E-state index in [1.165, 1.54) is 39.8 Å². The Morgan fingerprint density at radius 1 is 0.568 bits per heavy atom. The third kappa shape index (κ3) is 17.9. The smallest absolute Gasteiger partial charge is 0.399 e. The number of sulfonamides is 1. The van der Waals surface area contributed by atoms with Gasteiger partial charge in [-0.05, 0) is 113 Å². The normalized spacial score (nSPS) is 18.7. The minimum absolute atomic E-state index is 0.0203. The lowest BCUT2D eigenvalue weighted by Gasteiger charge is -2.32. The highest BCUT2D eigenvalue weighted by atomic mass is 35.5. The Labute approximate surface area is 717 Å². The van der Waals surface area contributed by atoms with Gasteiger partial charge >= 0.3 is 7.12 Å².